The second kappa shape index (κ2) is 9.23. The summed E-state index contributed by atoms with van der Waals surface area (Å²) in [5.74, 6) is 0.636. The van der Waals surface area contributed by atoms with Gasteiger partial charge in [-0.25, -0.2) is 0 Å². The number of rotatable bonds is 7. The van der Waals surface area contributed by atoms with Crippen molar-refractivity contribution >= 4 is 11.9 Å². The average molecular weight is 367 g/mol. The number of esters is 1. The second-order valence-electron chi connectivity index (χ2n) is 9.39. The third kappa shape index (κ3) is 5.47. The van der Waals surface area contributed by atoms with Crippen LogP contribution in [0.25, 0.3) is 0 Å². The Kier molecular flexibility index (Phi) is 7.54. The van der Waals surface area contributed by atoms with Crippen molar-refractivity contribution in [2.75, 3.05) is 0 Å². The minimum atomic E-state index is -0.683. The van der Waals surface area contributed by atoms with Crippen LogP contribution in [0.1, 0.15) is 91.9 Å². The average Bonchev–Trinajstić information content (AvgIpc) is 2.58. The van der Waals surface area contributed by atoms with Gasteiger partial charge in [0, 0.05) is 6.42 Å². The smallest absolute Gasteiger partial charge is 0.306 e. The number of carboxylic acid groups (broad SMARTS) is 1. The summed E-state index contributed by atoms with van der Waals surface area (Å²) in [7, 11) is 0. The lowest BCUT2D eigenvalue weighted by molar-refractivity contribution is -0.155. The highest BCUT2D eigenvalue weighted by molar-refractivity contribution is 5.70. The zero-order chi connectivity index (χ0) is 19.3. The van der Waals surface area contributed by atoms with Crippen LogP contribution in [0.5, 0.6) is 0 Å². The molecule has 150 valence electrons. The van der Waals surface area contributed by atoms with Gasteiger partial charge in [-0.3, -0.25) is 9.59 Å². The molecule has 1 N–H and O–H groups in total. The molecule has 0 aromatic heterocycles. The molecule has 2 saturated carbocycles. The largest absolute Gasteiger partial charge is 0.481 e. The molecule has 0 saturated heterocycles. The Balaban J connectivity index is 1.81. The second-order valence-corrected chi connectivity index (χ2v) is 9.39. The first kappa shape index (κ1) is 21.2. The topological polar surface area (TPSA) is 63.6 Å². The van der Waals surface area contributed by atoms with E-state index in [1.807, 2.05) is 0 Å². The van der Waals surface area contributed by atoms with Crippen LogP contribution in [-0.2, 0) is 14.3 Å². The first-order valence-electron chi connectivity index (χ1n) is 10.7. The Bertz CT molecular complexity index is 477. The summed E-state index contributed by atoms with van der Waals surface area (Å²) < 4.78 is 5.84. The lowest BCUT2D eigenvalue weighted by Crippen LogP contribution is -2.35. The lowest BCUT2D eigenvalue weighted by atomic mass is 9.63. The van der Waals surface area contributed by atoms with E-state index < -0.39 is 5.97 Å². The van der Waals surface area contributed by atoms with E-state index in [1.165, 1.54) is 19.3 Å². The molecule has 0 bridgehead atoms. The molecule has 2 aliphatic carbocycles. The molecule has 2 rings (SSSR count). The summed E-state index contributed by atoms with van der Waals surface area (Å²) >= 11 is 0. The van der Waals surface area contributed by atoms with Crippen molar-refractivity contribution in [3.05, 3.63) is 0 Å². The molecule has 0 amide bonds. The van der Waals surface area contributed by atoms with Crippen molar-refractivity contribution in [1.29, 1.82) is 0 Å². The lowest BCUT2D eigenvalue weighted by Gasteiger charge is -2.43. The summed E-state index contributed by atoms with van der Waals surface area (Å²) in [5.41, 5.74) is 0.317. The fraction of sp³-hybridized carbons (Fsp3) is 0.909. The Hall–Kier alpha value is -1.06. The molecule has 3 atom stereocenters. The van der Waals surface area contributed by atoms with Crippen molar-refractivity contribution < 1.29 is 19.4 Å². The molecular weight excluding hydrogens is 328 g/mol. The summed E-state index contributed by atoms with van der Waals surface area (Å²) in [6.07, 6.45) is 9.16. The van der Waals surface area contributed by atoms with Gasteiger partial charge in [0.2, 0.25) is 0 Å². The van der Waals surface area contributed by atoms with Gasteiger partial charge in [0.25, 0.3) is 0 Å². The van der Waals surface area contributed by atoms with E-state index in [2.05, 4.69) is 27.7 Å². The molecular formula is C22H38O4. The fourth-order valence-electron chi connectivity index (χ4n) is 5.46. The molecule has 0 spiro atoms. The van der Waals surface area contributed by atoms with Gasteiger partial charge in [-0.2, -0.15) is 0 Å². The van der Waals surface area contributed by atoms with Crippen LogP contribution in [0.15, 0.2) is 0 Å². The van der Waals surface area contributed by atoms with E-state index in [4.69, 9.17) is 9.84 Å². The molecule has 2 fully saturated rings. The molecule has 3 unspecified atom stereocenters. The van der Waals surface area contributed by atoms with E-state index in [9.17, 15) is 9.59 Å². The van der Waals surface area contributed by atoms with Gasteiger partial charge < -0.3 is 9.84 Å². The predicted molar refractivity (Wildman–Crippen MR) is 103 cm³/mol. The normalized spacial score (nSPS) is 32.6. The molecule has 0 radical (unpaired) electrons. The molecule has 0 heterocycles. The number of hydrogen-bond acceptors (Lipinski definition) is 3. The summed E-state index contributed by atoms with van der Waals surface area (Å²) in [5, 5.41) is 9.14. The van der Waals surface area contributed by atoms with Gasteiger partial charge in [0.15, 0.2) is 0 Å². The van der Waals surface area contributed by atoms with E-state index >= 15 is 0 Å². The first-order chi connectivity index (χ1) is 12.2. The van der Waals surface area contributed by atoms with Crippen LogP contribution in [0.2, 0.25) is 0 Å². The zero-order valence-corrected chi connectivity index (χ0v) is 17.1. The van der Waals surface area contributed by atoms with E-state index in [0.717, 1.165) is 25.7 Å². The molecule has 4 heteroatoms. The zero-order valence-electron chi connectivity index (χ0n) is 17.1. The number of carbonyl (C=O) groups is 2. The van der Waals surface area contributed by atoms with Crippen LogP contribution < -0.4 is 0 Å². The van der Waals surface area contributed by atoms with Crippen LogP contribution in [0.4, 0.5) is 0 Å². The SMILES string of the molecule is CCC(OC(=O)CCC1C(C)CCCC1(C)C)C1CCC(C(=O)O)CC1. The van der Waals surface area contributed by atoms with E-state index in [0.29, 0.717) is 42.4 Å². The Labute approximate surface area is 159 Å². The monoisotopic (exact) mass is 366 g/mol. The third-order valence-electron chi connectivity index (χ3n) is 7.16. The Morgan fingerprint density at radius 1 is 1.15 bits per heavy atom. The standard InChI is InChI=1S/C22H38O4/c1-5-19(16-8-10-17(11-9-16)21(24)25)26-20(23)13-12-18-15(2)7-6-14-22(18,3)4/h15-19H,5-14H2,1-4H3,(H,24,25). The number of aliphatic carboxylic acids is 1. The van der Waals surface area contributed by atoms with Crippen molar-refractivity contribution in [1.82, 2.24) is 0 Å². The van der Waals surface area contributed by atoms with Crippen LogP contribution in [0, 0.1) is 29.1 Å². The highest BCUT2D eigenvalue weighted by Gasteiger charge is 2.37. The van der Waals surface area contributed by atoms with Crippen LogP contribution >= 0.6 is 0 Å². The molecule has 4 nitrogen and oxygen atoms in total. The highest BCUT2D eigenvalue weighted by atomic mass is 16.5. The molecule has 0 aromatic rings. The maximum absolute atomic E-state index is 12.5. The third-order valence-corrected chi connectivity index (χ3v) is 7.16. The minimum Gasteiger partial charge on any atom is -0.481 e. The molecule has 26 heavy (non-hydrogen) atoms. The van der Waals surface area contributed by atoms with Gasteiger partial charge in [-0.15, -0.1) is 0 Å². The van der Waals surface area contributed by atoms with Crippen molar-refractivity contribution in [3.8, 4) is 0 Å². The molecule has 2 aliphatic rings. The maximum atomic E-state index is 12.5. The fourth-order valence-corrected chi connectivity index (χ4v) is 5.46. The maximum Gasteiger partial charge on any atom is 0.306 e. The van der Waals surface area contributed by atoms with Gasteiger partial charge in [0.05, 0.1) is 5.92 Å². The molecule has 0 aromatic carbocycles. The van der Waals surface area contributed by atoms with Crippen molar-refractivity contribution in [3.63, 3.8) is 0 Å². The summed E-state index contributed by atoms with van der Waals surface area (Å²) in [4.78, 5) is 23.6. The van der Waals surface area contributed by atoms with Crippen LogP contribution in [0.3, 0.4) is 0 Å². The first-order valence-corrected chi connectivity index (χ1v) is 10.7. The Morgan fingerprint density at radius 3 is 2.35 bits per heavy atom. The van der Waals surface area contributed by atoms with Gasteiger partial charge in [-0.05, 0) is 68.1 Å². The summed E-state index contributed by atoms with van der Waals surface area (Å²) in [6.45, 7) is 9.07. The highest BCUT2D eigenvalue weighted by Crippen LogP contribution is 2.46. The van der Waals surface area contributed by atoms with E-state index in [-0.39, 0.29) is 18.0 Å². The van der Waals surface area contributed by atoms with Gasteiger partial charge in [0.1, 0.15) is 6.10 Å². The van der Waals surface area contributed by atoms with Crippen molar-refractivity contribution in [2.24, 2.45) is 29.1 Å². The van der Waals surface area contributed by atoms with Crippen LogP contribution in [-0.4, -0.2) is 23.1 Å². The predicted octanol–water partition coefficient (Wildman–Crippen LogP) is 5.44. The van der Waals surface area contributed by atoms with E-state index in [1.54, 1.807) is 0 Å². The number of carboxylic acids is 1. The molecule has 0 aliphatic heterocycles. The van der Waals surface area contributed by atoms with Gasteiger partial charge >= 0.3 is 11.9 Å². The van der Waals surface area contributed by atoms with Crippen molar-refractivity contribution in [2.45, 2.75) is 98.0 Å². The summed E-state index contributed by atoms with van der Waals surface area (Å²) in [6, 6.07) is 0. The minimum absolute atomic E-state index is 0.0472. The number of hydrogen-bond donors (Lipinski definition) is 1. The van der Waals surface area contributed by atoms with Gasteiger partial charge in [-0.1, -0.05) is 40.5 Å². The number of carbonyl (C=O) groups excluding carboxylic acids is 1. The quantitative estimate of drug-likeness (QED) is 0.609. The Morgan fingerprint density at radius 2 is 1.81 bits per heavy atom. The number of ether oxygens (including phenoxy) is 1.